The molecule has 0 N–H and O–H groups in total. The fraction of sp³-hybridized carbons (Fsp3) is 0.333. The summed E-state index contributed by atoms with van der Waals surface area (Å²) in [5.41, 5.74) is 16.5. The van der Waals surface area contributed by atoms with E-state index in [1.807, 2.05) is 0 Å². The third kappa shape index (κ3) is 3.66. The third-order valence-electron chi connectivity index (χ3n) is 2.43. The van der Waals surface area contributed by atoms with E-state index in [4.69, 9.17) is 20.5 Å². The van der Waals surface area contributed by atoms with Gasteiger partial charge in [0.05, 0.1) is 35.7 Å². The minimum absolute atomic E-state index is 0.102. The molecule has 10 heteroatoms. The summed E-state index contributed by atoms with van der Waals surface area (Å²) in [4.78, 5) is 28.9. The van der Waals surface area contributed by atoms with E-state index in [0.29, 0.717) is 0 Å². The number of esters is 2. The average Bonchev–Trinajstić information content (AvgIpc) is 2.49. The number of nitrogens with zero attached hydrogens (tertiary/aromatic N) is 6. The first-order chi connectivity index (χ1) is 10.6. The molecule has 0 bridgehead atoms. The number of azide groups is 2. The lowest BCUT2D eigenvalue weighted by Gasteiger charge is -2.11. The van der Waals surface area contributed by atoms with Gasteiger partial charge in [-0.15, -0.1) is 0 Å². The molecular weight excluding hydrogens is 292 g/mol. The number of benzene rings is 1. The molecule has 0 spiro atoms. The Hall–Kier alpha value is -3.22. The summed E-state index contributed by atoms with van der Waals surface area (Å²) in [5.74, 6) is -1.54. The Morgan fingerprint density at radius 3 is 1.59 bits per heavy atom. The van der Waals surface area contributed by atoms with E-state index in [1.165, 1.54) is 12.1 Å². The fourth-order valence-corrected chi connectivity index (χ4v) is 1.62. The highest BCUT2D eigenvalue weighted by molar-refractivity contribution is 6.04. The first kappa shape index (κ1) is 16.8. The van der Waals surface area contributed by atoms with Gasteiger partial charge >= 0.3 is 11.9 Å². The third-order valence-corrected chi connectivity index (χ3v) is 2.43. The van der Waals surface area contributed by atoms with E-state index in [2.05, 4.69) is 20.1 Å². The van der Waals surface area contributed by atoms with Crippen molar-refractivity contribution >= 4 is 23.3 Å². The summed E-state index contributed by atoms with van der Waals surface area (Å²) in [7, 11) is 0. The molecule has 10 nitrogen and oxygen atoms in total. The first-order valence-corrected chi connectivity index (χ1v) is 6.22. The summed E-state index contributed by atoms with van der Waals surface area (Å²) < 4.78 is 9.65. The smallest absolute Gasteiger partial charge is 0.338 e. The van der Waals surface area contributed by atoms with Crippen molar-refractivity contribution in [3.05, 3.63) is 44.1 Å². The summed E-state index contributed by atoms with van der Waals surface area (Å²) >= 11 is 0. The van der Waals surface area contributed by atoms with E-state index in [1.54, 1.807) is 13.8 Å². The van der Waals surface area contributed by atoms with Crippen LogP contribution in [0.2, 0.25) is 0 Å². The van der Waals surface area contributed by atoms with Crippen molar-refractivity contribution in [3.63, 3.8) is 0 Å². The van der Waals surface area contributed by atoms with Gasteiger partial charge in [-0.05, 0) is 37.0 Å². The van der Waals surface area contributed by atoms with Crippen LogP contribution in [0.1, 0.15) is 34.6 Å². The molecule has 22 heavy (non-hydrogen) atoms. The Bertz CT molecular complexity index is 630. The van der Waals surface area contributed by atoms with Gasteiger partial charge in [0.15, 0.2) is 0 Å². The second-order valence-corrected chi connectivity index (χ2v) is 3.68. The Kier molecular flexibility index (Phi) is 6.24. The zero-order chi connectivity index (χ0) is 16.5. The van der Waals surface area contributed by atoms with Gasteiger partial charge in [-0.25, -0.2) is 9.59 Å². The number of ether oxygens (including phenoxy) is 2. The Morgan fingerprint density at radius 2 is 1.32 bits per heavy atom. The van der Waals surface area contributed by atoms with Crippen molar-refractivity contribution in [1.82, 2.24) is 0 Å². The van der Waals surface area contributed by atoms with E-state index < -0.39 is 11.9 Å². The molecule has 114 valence electrons. The number of carbonyl (C=O) groups is 2. The number of carbonyl (C=O) groups excluding carboxylic acids is 2. The molecule has 1 aromatic rings. The molecule has 0 radical (unpaired) electrons. The number of hydrogen-bond donors (Lipinski definition) is 0. The van der Waals surface area contributed by atoms with Gasteiger partial charge in [-0.3, -0.25) is 0 Å². The first-order valence-electron chi connectivity index (χ1n) is 6.22. The van der Waals surface area contributed by atoms with Gasteiger partial charge in [0, 0.05) is 9.82 Å². The lowest BCUT2D eigenvalue weighted by atomic mass is 10.1. The van der Waals surface area contributed by atoms with Crippen molar-refractivity contribution in [2.45, 2.75) is 13.8 Å². The minimum Gasteiger partial charge on any atom is -0.462 e. The van der Waals surface area contributed by atoms with Crippen LogP contribution in [0.3, 0.4) is 0 Å². The van der Waals surface area contributed by atoms with Gasteiger partial charge in [0.25, 0.3) is 0 Å². The van der Waals surface area contributed by atoms with Crippen molar-refractivity contribution < 1.29 is 19.1 Å². The van der Waals surface area contributed by atoms with Crippen molar-refractivity contribution in [2.24, 2.45) is 10.2 Å². The summed E-state index contributed by atoms with van der Waals surface area (Å²) in [6.07, 6.45) is 0. The van der Waals surface area contributed by atoms with Crippen LogP contribution in [0.5, 0.6) is 0 Å². The molecule has 0 amide bonds. The minimum atomic E-state index is -0.769. The quantitative estimate of drug-likeness (QED) is 0.338. The van der Waals surface area contributed by atoms with Crippen LogP contribution >= 0.6 is 0 Å². The number of rotatable bonds is 6. The lowest BCUT2D eigenvalue weighted by molar-refractivity contribution is 0.0513. The highest BCUT2D eigenvalue weighted by Gasteiger charge is 2.21. The molecule has 1 aromatic carbocycles. The molecule has 0 aliphatic carbocycles. The molecule has 0 saturated carbocycles. The van der Waals surface area contributed by atoms with E-state index in [-0.39, 0.29) is 35.7 Å². The van der Waals surface area contributed by atoms with Gasteiger partial charge < -0.3 is 9.47 Å². The molecule has 0 aliphatic rings. The van der Waals surface area contributed by atoms with E-state index in [0.717, 1.165) is 0 Å². The topological polar surface area (TPSA) is 150 Å². The van der Waals surface area contributed by atoms with Crippen LogP contribution in [0.25, 0.3) is 20.9 Å². The molecule has 0 aromatic heterocycles. The fourth-order valence-electron chi connectivity index (χ4n) is 1.62. The normalized spacial score (nSPS) is 9.18. The van der Waals surface area contributed by atoms with Gasteiger partial charge in [0.1, 0.15) is 0 Å². The van der Waals surface area contributed by atoms with Crippen molar-refractivity contribution in [2.75, 3.05) is 13.2 Å². The highest BCUT2D eigenvalue weighted by Crippen LogP contribution is 2.37. The lowest BCUT2D eigenvalue weighted by Crippen LogP contribution is -2.08. The summed E-state index contributed by atoms with van der Waals surface area (Å²) in [6, 6.07) is 2.48. The maximum absolute atomic E-state index is 11.8. The molecular formula is C12H12N6O4. The molecule has 0 aliphatic heterocycles. The van der Waals surface area contributed by atoms with E-state index >= 15 is 0 Å². The van der Waals surface area contributed by atoms with Crippen LogP contribution in [-0.4, -0.2) is 25.2 Å². The van der Waals surface area contributed by atoms with Gasteiger partial charge in [-0.1, -0.05) is 10.2 Å². The highest BCUT2D eigenvalue weighted by atomic mass is 16.5. The second-order valence-electron chi connectivity index (χ2n) is 3.68. The van der Waals surface area contributed by atoms with Crippen LogP contribution in [-0.2, 0) is 9.47 Å². The largest absolute Gasteiger partial charge is 0.462 e. The predicted octanol–water partition coefficient (Wildman–Crippen LogP) is 3.92. The SMILES string of the molecule is CCOC(=O)c1ccc(C(=O)OCC)c(N=[N+]=[N-])c1N=[N+]=[N-]. The number of hydrogen-bond acceptors (Lipinski definition) is 6. The molecule has 0 fully saturated rings. The maximum atomic E-state index is 11.8. The van der Waals surface area contributed by atoms with Crippen LogP contribution < -0.4 is 0 Å². The van der Waals surface area contributed by atoms with Crippen LogP contribution in [0.15, 0.2) is 22.4 Å². The molecule has 0 atom stereocenters. The average molecular weight is 304 g/mol. The van der Waals surface area contributed by atoms with E-state index in [9.17, 15) is 9.59 Å². The zero-order valence-corrected chi connectivity index (χ0v) is 11.9. The Morgan fingerprint density at radius 1 is 0.955 bits per heavy atom. The standard InChI is InChI=1S/C12H12N6O4/c1-3-21-11(19)7-5-6-8(12(20)22-4-2)10(16-18-14)9(7)15-17-13/h5-6H,3-4H2,1-2H3. The Balaban J connectivity index is 3.62. The summed E-state index contributed by atoms with van der Waals surface area (Å²) in [6.45, 7) is 3.41. The molecule has 0 saturated heterocycles. The zero-order valence-electron chi connectivity index (χ0n) is 11.9. The van der Waals surface area contributed by atoms with Crippen molar-refractivity contribution in [1.29, 1.82) is 0 Å². The van der Waals surface area contributed by atoms with Crippen LogP contribution in [0.4, 0.5) is 11.4 Å². The van der Waals surface area contributed by atoms with Gasteiger partial charge in [-0.2, -0.15) is 0 Å². The maximum Gasteiger partial charge on any atom is 0.338 e. The Labute approximate surface area is 124 Å². The summed E-state index contributed by atoms with van der Waals surface area (Å²) in [5, 5.41) is 6.68. The molecule has 0 heterocycles. The predicted molar refractivity (Wildman–Crippen MR) is 76.0 cm³/mol. The molecule has 1 rings (SSSR count). The second kappa shape index (κ2) is 8.15. The van der Waals surface area contributed by atoms with Crippen molar-refractivity contribution in [3.8, 4) is 0 Å². The molecule has 0 unspecified atom stereocenters. The van der Waals surface area contributed by atoms with Crippen LogP contribution in [0, 0.1) is 0 Å². The van der Waals surface area contributed by atoms with Gasteiger partial charge in [0.2, 0.25) is 0 Å². The monoisotopic (exact) mass is 304 g/mol.